The van der Waals surface area contributed by atoms with Crippen LogP contribution in [0.1, 0.15) is 40.8 Å². The Bertz CT molecular complexity index is 1100. The number of ether oxygens (including phenoxy) is 3. The van der Waals surface area contributed by atoms with Crippen molar-refractivity contribution < 1.29 is 42.0 Å². The summed E-state index contributed by atoms with van der Waals surface area (Å²) >= 11 is 0. The smallest absolute Gasteiger partial charge is 0.476 e. The second-order valence-electron chi connectivity index (χ2n) is 8.32. The number of nitrogens with one attached hydrogen (secondary N) is 1. The Balaban J connectivity index is 1.78. The lowest BCUT2D eigenvalue weighted by Crippen LogP contribution is -2.46. The Morgan fingerprint density at radius 2 is 2.09 bits per heavy atom. The van der Waals surface area contributed by atoms with Crippen molar-refractivity contribution in [3.8, 4) is 5.88 Å². The van der Waals surface area contributed by atoms with E-state index in [1.54, 1.807) is 20.8 Å². The highest BCUT2D eigenvalue weighted by atomic mass is 31.1. The number of hydrogen-bond acceptors (Lipinski definition) is 11. The minimum absolute atomic E-state index is 0.0163. The molecule has 0 bridgehead atoms. The molecule has 1 fully saturated rings. The summed E-state index contributed by atoms with van der Waals surface area (Å²) in [7, 11) is -2.80. The first-order valence-corrected chi connectivity index (χ1v) is 11.9. The lowest BCUT2D eigenvalue weighted by atomic mass is 9.97. The molecule has 2 aromatic heterocycles. The van der Waals surface area contributed by atoms with Gasteiger partial charge in [-0.1, -0.05) is 5.09 Å². The summed E-state index contributed by atoms with van der Waals surface area (Å²) in [4.78, 5) is 23.8. The Kier molecular flexibility index (Phi) is 7.86. The van der Waals surface area contributed by atoms with Crippen molar-refractivity contribution in [2.45, 2.75) is 70.6 Å². The van der Waals surface area contributed by atoms with Gasteiger partial charge in [0.05, 0.1) is 19.0 Å². The number of halogens is 2. The van der Waals surface area contributed by atoms with Gasteiger partial charge in [0, 0.05) is 0 Å². The number of nitrogen functional groups attached to an aromatic ring is 1. The number of fused-ring (bicyclic) bond motifs is 1. The van der Waals surface area contributed by atoms with E-state index in [1.807, 2.05) is 0 Å². The average molecular weight is 521 g/mol. The molecule has 4 N–H and O–H groups in total. The van der Waals surface area contributed by atoms with Crippen LogP contribution < -0.4 is 15.6 Å². The number of esters is 1. The van der Waals surface area contributed by atoms with Crippen LogP contribution in [0.25, 0.3) is 11.2 Å². The third kappa shape index (κ3) is 5.48. The molecule has 1 aliphatic heterocycles. The Morgan fingerprint density at radius 3 is 2.71 bits per heavy atom. The molecule has 0 amide bonds. The second-order valence-corrected chi connectivity index (χ2v) is 9.35. The van der Waals surface area contributed by atoms with Crippen LogP contribution in [0.3, 0.4) is 0 Å². The molecule has 0 spiro atoms. The van der Waals surface area contributed by atoms with Crippen LogP contribution in [0.5, 0.6) is 5.88 Å². The van der Waals surface area contributed by atoms with Gasteiger partial charge in [-0.15, -0.1) is 4.52 Å². The van der Waals surface area contributed by atoms with E-state index in [2.05, 4.69) is 20.0 Å². The topological polar surface area (TPSA) is 173 Å². The fourth-order valence-electron chi connectivity index (χ4n) is 3.41. The lowest BCUT2D eigenvalue weighted by Gasteiger charge is -2.24. The largest absolute Gasteiger partial charge is 0.614 e. The van der Waals surface area contributed by atoms with Crippen molar-refractivity contribution in [2.24, 2.45) is 0 Å². The molecule has 6 atom stereocenters. The quantitative estimate of drug-likeness (QED) is 0.305. The Hall–Kier alpha value is -2.58. The summed E-state index contributed by atoms with van der Waals surface area (Å²) in [6, 6.07) is -1.04. The molecule has 16 heteroatoms. The van der Waals surface area contributed by atoms with E-state index in [-0.39, 0.29) is 29.6 Å². The molecule has 0 radical (unpaired) electrons. The second kappa shape index (κ2) is 10.2. The first kappa shape index (κ1) is 27.0. The number of aromatic nitrogens is 4. The number of aliphatic hydroxyl groups is 1. The fraction of sp³-hybridized carbons (Fsp3) is 0.684. The first-order chi connectivity index (χ1) is 16.3. The van der Waals surface area contributed by atoms with Crippen molar-refractivity contribution in [3.05, 3.63) is 6.33 Å². The molecule has 1 unspecified atom stereocenters. The third-order valence-corrected chi connectivity index (χ3v) is 6.02. The van der Waals surface area contributed by atoms with Gasteiger partial charge in [-0.05, 0) is 39.2 Å². The van der Waals surface area contributed by atoms with E-state index < -0.39 is 56.8 Å². The molecule has 13 nitrogen and oxygen atoms in total. The maximum absolute atomic E-state index is 15.6. The van der Waals surface area contributed by atoms with Gasteiger partial charge in [0.1, 0.15) is 6.04 Å². The van der Waals surface area contributed by atoms with Gasteiger partial charge >= 0.3 is 14.1 Å². The number of aliphatic hydroxyl groups excluding tert-OH is 1. The van der Waals surface area contributed by atoms with E-state index >= 15 is 8.78 Å². The predicted molar refractivity (Wildman–Crippen MR) is 118 cm³/mol. The SMILES string of the molecule is CCOc1nc(N)nc2c1ncn2[C@@H]1O[C@](F)(CO[P+](=O)N[C@@H](C)C(=O)OC(C)C)[C@@H](O)[C@@]1(C)F. The average Bonchev–Trinajstić information content (AvgIpc) is 3.25. The van der Waals surface area contributed by atoms with E-state index in [0.717, 1.165) is 17.8 Å². The van der Waals surface area contributed by atoms with Crippen LogP contribution in [-0.2, 0) is 23.4 Å². The van der Waals surface area contributed by atoms with Gasteiger partial charge in [0.25, 0.3) is 5.85 Å². The minimum Gasteiger partial charge on any atom is -0.476 e. The zero-order valence-corrected chi connectivity index (χ0v) is 20.7. The Morgan fingerprint density at radius 1 is 1.40 bits per heavy atom. The van der Waals surface area contributed by atoms with E-state index in [4.69, 9.17) is 24.5 Å². The number of hydrogen-bond donors (Lipinski definition) is 3. The van der Waals surface area contributed by atoms with E-state index in [0.29, 0.717) is 0 Å². The predicted octanol–water partition coefficient (Wildman–Crippen LogP) is 1.69. The summed E-state index contributed by atoms with van der Waals surface area (Å²) in [5, 5.41) is 12.7. The maximum Gasteiger partial charge on any atom is 0.614 e. The van der Waals surface area contributed by atoms with Gasteiger partial charge in [-0.25, -0.2) is 13.8 Å². The Labute approximate surface area is 200 Å². The molecular formula is C19H28F2N6O7P+. The van der Waals surface area contributed by atoms with Crippen molar-refractivity contribution in [2.75, 3.05) is 18.9 Å². The van der Waals surface area contributed by atoms with Gasteiger partial charge < -0.3 is 25.1 Å². The first-order valence-electron chi connectivity index (χ1n) is 10.7. The summed E-state index contributed by atoms with van der Waals surface area (Å²) in [5.41, 5.74) is 3.11. The van der Waals surface area contributed by atoms with Gasteiger partial charge in [0.2, 0.25) is 11.8 Å². The molecule has 3 heterocycles. The lowest BCUT2D eigenvalue weighted by molar-refractivity contribution is -0.201. The number of anilines is 1. The molecule has 0 aromatic carbocycles. The maximum atomic E-state index is 15.6. The van der Waals surface area contributed by atoms with Crippen LogP contribution in [0.4, 0.5) is 14.7 Å². The summed E-state index contributed by atoms with van der Waals surface area (Å²) in [6.45, 7) is 6.40. The number of alkyl halides is 2. The van der Waals surface area contributed by atoms with Crippen LogP contribution in [0.15, 0.2) is 6.33 Å². The minimum atomic E-state index is -3.11. The molecule has 1 aliphatic rings. The number of imidazole rings is 1. The number of carbonyl (C=O) groups excluding carboxylic acids is 1. The molecular weight excluding hydrogens is 493 g/mol. The van der Waals surface area contributed by atoms with Crippen molar-refractivity contribution >= 4 is 31.3 Å². The van der Waals surface area contributed by atoms with Crippen molar-refractivity contribution in [3.63, 3.8) is 0 Å². The van der Waals surface area contributed by atoms with E-state index in [9.17, 15) is 14.5 Å². The normalized spacial score (nSPS) is 27.9. The van der Waals surface area contributed by atoms with Crippen LogP contribution in [0, 0.1) is 0 Å². The molecule has 194 valence electrons. The zero-order chi connectivity index (χ0) is 26.1. The molecule has 1 saturated heterocycles. The monoisotopic (exact) mass is 521 g/mol. The number of nitrogens with zero attached hydrogens (tertiary/aromatic N) is 4. The van der Waals surface area contributed by atoms with Gasteiger partial charge in [-0.2, -0.15) is 9.97 Å². The molecule has 0 saturated carbocycles. The standard InChI is InChI=1S/C19H28F2N6O7P/c1-6-31-13-11-12(24-17(22)25-13)27(8-23-11)16-18(5,20)15(29)19(21,34-16)7-32-35(30)26-10(4)14(28)33-9(2)3/h8-10,15-16,29H,6-7H2,1-5H3,(H,26,30)(H2,22,24,25)/q+1/t10-,15-,16+,18+,19+/m0/s1. The number of carbonyl (C=O) groups is 1. The van der Waals surface area contributed by atoms with Crippen molar-refractivity contribution in [1.29, 1.82) is 0 Å². The number of rotatable bonds is 10. The summed E-state index contributed by atoms with van der Waals surface area (Å²) < 4.78 is 64.9. The van der Waals surface area contributed by atoms with E-state index in [1.165, 1.54) is 6.92 Å². The van der Waals surface area contributed by atoms with Crippen LogP contribution in [-0.4, -0.2) is 73.6 Å². The number of nitrogens with two attached hydrogens (primary N) is 1. The summed E-state index contributed by atoms with van der Waals surface area (Å²) in [5.74, 6) is -3.98. The molecule has 3 rings (SSSR count). The van der Waals surface area contributed by atoms with Crippen LogP contribution in [0.2, 0.25) is 0 Å². The molecule has 35 heavy (non-hydrogen) atoms. The molecule has 0 aliphatic carbocycles. The zero-order valence-electron chi connectivity index (χ0n) is 19.8. The molecule has 2 aromatic rings. The highest BCUT2D eigenvalue weighted by Crippen LogP contribution is 2.49. The highest BCUT2D eigenvalue weighted by molar-refractivity contribution is 7.36. The van der Waals surface area contributed by atoms with Gasteiger partial charge in [-0.3, -0.25) is 9.36 Å². The fourth-order valence-corrected chi connectivity index (χ4v) is 4.20. The van der Waals surface area contributed by atoms with Crippen molar-refractivity contribution in [1.82, 2.24) is 24.6 Å². The van der Waals surface area contributed by atoms with Gasteiger partial charge in [0.15, 0.2) is 35.8 Å². The third-order valence-electron chi connectivity index (χ3n) is 5.06. The summed E-state index contributed by atoms with van der Waals surface area (Å²) in [6.07, 6.45) is -3.39. The highest BCUT2D eigenvalue weighted by Gasteiger charge is 2.65. The van der Waals surface area contributed by atoms with Crippen LogP contribution >= 0.6 is 8.18 Å².